The minimum atomic E-state index is -1.86. The zero-order chi connectivity index (χ0) is 20.3. The lowest BCUT2D eigenvalue weighted by atomic mass is 10.1. The Labute approximate surface area is 160 Å². The summed E-state index contributed by atoms with van der Waals surface area (Å²) >= 11 is 0. The molecule has 28 heavy (non-hydrogen) atoms. The highest BCUT2D eigenvalue weighted by Gasteiger charge is 2.15. The van der Waals surface area contributed by atoms with Crippen LogP contribution < -0.4 is 16.3 Å². The number of nitrogens with one attached hydrogen (secondary N) is 1. The maximum Gasteiger partial charge on any atom is 0.347 e. The number of aromatic amines is 1. The van der Waals surface area contributed by atoms with Gasteiger partial charge in [-0.05, 0) is 29.8 Å². The van der Waals surface area contributed by atoms with Gasteiger partial charge in [0.2, 0.25) is 0 Å². The molecule has 0 aliphatic heterocycles. The first-order chi connectivity index (χ1) is 13.4. The molecule has 3 rings (SSSR count). The van der Waals surface area contributed by atoms with Crippen LogP contribution in [0.5, 0.6) is 0 Å². The summed E-state index contributed by atoms with van der Waals surface area (Å²) in [7, 11) is 3.81. The molecule has 0 aliphatic carbocycles. The quantitative estimate of drug-likeness (QED) is 0.678. The number of nitrogens with two attached hydrogens (primary N) is 1. The molecular formula is C19H20F2N6O. The van der Waals surface area contributed by atoms with Gasteiger partial charge in [0.05, 0.1) is 5.69 Å². The average molecular weight is 386 g/mol. The Kier molecular flexibility index (Phi) is 5.65. The van der Waals surface area contributed by atoms with E-state index < -0.39 is 11.8 Å². The molecule has 0 aliphatic rings. The van der Waals surface area contributed by atoms with Crippen molar-refractivity contribution in [2.75, 3.05) is 25.5 Å². The summed E-state index contributed by atoms with van der Waals surface area (Å²) in [4.78, 5) is 18.5. The Morgan fingerprint density at radius 1 is 1.21 bits per heavy atom. The zero-order valence-corrected chi connectivity index (χ0v) is 15.5. The summed E-state index contributed by atoms with van der Waals surface area (Å²) in [6, 6.07) is 11.0. The molecule has 9 heteroatoms. The number of hydrogen-bond acceptors (Lipinski definition) is 5. The predicted octanol–water partition coefficient (Wildman–Crippen LogP) is 2.34. The van der Waals surface area contributed by atoms with Crippen LogP contribution in [0.25, 0.3) is 16.8 Å². The standard InChI is InChI=1S/C19H20F2N6O/c1-26(2)16-7-6-13(11-23-16)12-4-3-5-15(8-12)27-17(24-25-19(27)28)9-14(10-22)18(20)21/h3-8,11H,9-10,22H2,1-2H3,(H,25,28). The minimum Gasteiger partial charge on any atom is -0.363 e. The highest BCUT2D eigenvalue weighted by molar-refractivity contribution is 5.66. The number of rotatable bonds is 6. The molecule has 0 spiro atoms. The van der Waals surface area contributed by atoms with Crippen molar-refractivity contribution in [1.82, 2.24) is 19.7 Å². The van der Waals surface area contributed by atoms with Crippen LogP contribution in [0.15, 0.2) is 59.0 Å². The Hall–Kier alpha value is -3.33. The number of aromatic nitrogens is 4. The number of H-pyrrole nitrogens is 1. The molecule has 3 N–H and O–H groups in total. The van der Waals surface area contributed by atoms with E-state index in [1.807, 2.05) is 37.2 Å². The normalized spacial score (nSPS) is 10.8. The van der Waals surface area contributed by atoms with Crippen molar-refractivity contribution in [3.63, 3.8) is 0 Å². The highest BCUT2D eigenvalue weighted by Crippen LogP contribution is 2.23. The van der Waals surface area contributed by atoms with Crippen molar-refractivity contribution >= 4 is 5.82 Å². The predicted molar refractivity (Wildman–Crippen MR) is 104 cm³/mol. The number of nitrogens with zero attached hydrogens (tertiary/aromatic N) is 4. The summed E-state index contributed by atoms with van der Waals surface area (Å²) < 4.78 is 27.2. The van der Waals surface area contributed by atoms with Crippen LogP contribution >= 0.6 is 0 Å². The molecule has 2 heterocycles. The molecule has 0 amide bonds. The second kappa shape index (κ2) is 8.13. The summed E-state index contributed by atoms with van der Waals surface area (Å²) in [5.74, 6) is 0.985. The Morgan fingerprint density at radius 3 is 2.61 bits per heavy atom. The molecule has 0 fully saturated rings. The highest BCUT2D eigenvalue weighted by atomic mass is 19.3. The molecule has 0 atom stereocenters. The maximum atomic E-state index is 13.0. The third kappa shape index (κ3) is 3.99. The molecule has 3 aromatic rings. The number of hydrogen-bond donors (Lipinski definition) is 2. The van der Waals surface area contributed by atoms with E-state index in [4.69, 9.17) is 5.73 Å². The van der Waals surface area contributed by atoms with Gasteiger partial charge in [0.1, 0.15) is 11.6 Å². The third-order valence-electron chi connectivity index (χ3n) is 4.27. The molecule has 1 aromatic carbocycles. The SMILES string of the molecule is CN(C)c1ccc(-c2cccc(-n3c(CC(CN)=C(F)F)n[nH]c3=O)c2)cn1. The number of halogens is 2. The van der Waals surface area contributed by atoms with Crippen LogP contribution in [0.1, 0.15) is 5.82 Å². The lowest BCUT2D eigenvalue weighted by Crippen LogP contribution is -2.18. The topological polar surface area (TPSA) is 92.8 Å². The Bertz CT molecular complexity index is 1050. The van der Waals surface area contributed by atoms with Gasteiger partial charge >= 0.3 is 5.69 Å². The monoisotopic (exact) mass is 386 g/mol. The second-order valence-corrected chi connectivity index (χ2v) is 6.38. The fourth-order valence-electron chi connectivity index (χ4n) is 2.77. The van der Waals surface area contributed by atoms with E-state index >= 15 is 0 Å². The lowest BCUT2D eigenvalue weighted by Gasteiger charge is -2.12. The zero-order valence-electron chi connectivity index (χ0n) is 15.5. The van der Waals surface area contributed by atoms with E-state index in [2.05, 4.69) is 15.2 Å². The summed E-state index contributed by atoms with van der Waals surface area (Å²) in [6.07, 6.45) is -0.340. The average Bonchev–Trinajstić information content (AvgIpc) is 3.06. The lowest BCUT2D eigenvalue weighted by molar-refractivity contribution is 0.407. The van der Waals surface area contributed by atoms with Crippen LogP contribution in [0.4, 0.5) is 14.6 Å². The van der Waals surface area contributed by atoms with E-state index in [1.165, 1.54) is 4.57 Å². The van der Waals surface area contributed by atoms with Crippen molar-refractivity contribution in [3.05, 3.63) is 70.6 Å². The fourth-order valence-corrected chi connectivity index (χ4v) is 2.77. The van der Waals surface area contributed by atoms with Gasteiger partial charge in [-0.3, -0.25) is 0 Å². The van der Waals surface area contributed by atoms with Crippen molar-refractivity contribution in [1.29, 1.82) is 0 Å². The maximum absolute atomic E-state index is 13.0. The number of benzene rings is 1. The van der Waals surface area contributed by atoms with Crippen molar-refractivity contribution in [2.24, 2.45) is 5.73 Å². The van der Waals surface area contributed by atoms with E-state index in [0.717, 1.165) is 16.9 Å². The first kappa shape index (κ1) is 19.4. The van der Waals surface area contributed by atoms with Gasteiger partial charge in [0.15, 0.2) is 0 Å². The van der Waals surface area contributed by atoms with Crippen LogP contribution in [-0.4, -0.2) is 40.4 Å². The molecule has 0 radical (unpaired) electrons. The molecule has 0 saturated heterocycles. The van der Waals surface area contributed by atoms with Gasteiger partial charge in [0.25, 0.3) is 6.08 Å². The molecule has 0 bridgehead atoms. The molecule has 2 aromatic heterocycles. The third-order valence-corrected chi connectivity index (χ3v) is 4.27. The van der Waals surface area contributed by atoms with E-state index in [9.17, 15) is 13.6 Å². The van der Waals surface area contributed by atoms with Gasteiger partial charge in [-0.15, -0.1) is 0 Å². The first-order valence-electron chi connectivity index (χ1n) is 8.54. The number of pyridine rings is 1. The molecule has 7 nitrogen and oxygen atoms in total. The molecule has 0 saturated carbocycles. The van der Waals surface area contributed by atoms with E-state index in [1.54, 1.807) is 24.4 Å². The van der Waals surface area contributed by atoms with E-state index in [-0.39, 0.29) is 24.4 Å². The van der Waals surface area contributed by atoms with E-state index in [0.29, 0.717) is 5.69 Å². The summed E-state index contributed by atoms with van der Waals surface area (Å²) in [5.41, 5.74) is 6.81. The number of anilines is 1. The van der Waals surface area contributed by atoms with Gasteiger partial charge in [0, 0.05) is 44.4 Å². The molecule has 146 valence electrons. The van der Waals surface area contributed by atoms with Crippen molar-refractivity contribution in [2.45, 2.75) is 6.42 Å². The van der Waals surface area contributed by atoms with Gasteiger partial charge in [-0.2, -0.15) is 13.9 Å². The van der Waals surface area contributed by atoms with Gasteiger partial charge in [-0.25, -0.2) is 19.4 Å². The second-order valence-electron chi connectivity index (χ2n) is 6.38. The van der Waals surface area contributed by atoms with Crippen LogP contribution in [-0.2, 0) is 6.42 Å². The van der Waals surface area contributed by atoms with Gasteiger partial charge in [-0.1, -0.05) is 12.1 Å². The Morgan fingerprint density at radius 2 is 2.00 bits per heavy atom. The van der Waals surface area contributed by atoms with Crippen molar-refractivity contribution in [3.8, 4) is 16.8 Å². The van der Waals surface area contributed by atoms with Crippen LogP contribution in [0.3, 0.4) is 0 Å². The molecular weight excluding hydrogens is 366 g/mol. The van der Waals surface area contributed by atoms with Crippen LogP contribution in [0, 0.1) is 0 Å². The Balaban J connectivity index is 2.00. The first-order valence-corrected chi connectivity index (χ1v) is 8.54. The molecule has 0 unspecified atom stereocenters. The fraction of sp³-hybridized carbons (Fsp3) is 0.211. The summed E-state index contributed by atoms with van der Waals surface area (Å²) in [6.45, 7) is -0.312. The smallest absolute Gasteiger partial charge is 0.347 e. The minimum absolute atomic E-state index is 0.163. The largest absolute Gasteiger partial charge is 0.363 e. The van der Waals surface area contributed by atoms with Gasteiger partial charge < -0.3 is 10.6 Å². The summed E-state index contributed by atoms with van der Waals surface area (Å²) in [5, 5.41) is 6.19. The van der Waals surface area contributed by atoms with Crippen molar-refractivity contribution < 1.29 is 8.78 Å². The van der Waals surface area contributed by atoms with Crippen LogP contribution in [0.2, 0.25) is 0 Å².